The number of benzene rings is 2. The Morgan fingerprint density at radius 3 is 2.40 bits per heavy atom. The van der Waals surface area contributed by atoms with Crippen LogP contribution in [0.15, 0.2) is 65.9 Å². The summed E-state index contributed by atoms with van der Waals surface area (Å²) in [5.41, 5.74) is 1.91. The van der Waals surface area contributed by atoms with Gasteiger partial charge in [-0.1, -0.05) is 69.7 Å². The quantitative estimate of drug-likeness (QED) is 0.336. The van der Waals surface area contributed by atoms with E-state index in [2.05, 4.69) is 16.9 Å². The molecule has 2 N–H and O–H groups in total. The maximum Gasteiger partial charge on any atom is 0.338 e. The number of anilines is 1. The molecule has 1 heterocycles. The molecule has 0 fully saturated rings. The van der Waals surface area contributed by atoms with Crippen LogP contribution in [0.3, 0.4) is 0 Å². The standard InChI is InChI=1S/C28H37NO5S/c1-4-16-28(17-15-21-11-8-7-9-12-21)20-25(30)26(27(31)34-28)24(6-3)22-13-10-14-23(19-22)29-35(32,33)18-5-2/h7-14,19,24,29-30H,4-6,15-18,20H2,1-3H3. The van der Waals surface area contributed by atoms with Crippen molar-refractivity contribution >= 4 is 21.7 Å². The number of nitrogens with one attached hydrogen (secondary N) is 1. The lowest BCUT2D eigenvalue weighted by atomic mass is 9.80. The van der Waals surface area contributed by atoms with Crippen molar-refractivity contribution in [3.63, 3.8) is 0 Å². The van der Waals surface area contributed by atoms with Crippen LogP contribution in [0.5, 0.6) is 0 Å². The van der Waals surface area contributed by atoms with Gasteiger partial charge in [0.2, 0.25) is 10.0 Å². The minimum absolute atomic E-state index is 0.0369. The van der Waals surface area contributed by atoms with Crippen LogP contribution < -0.4 is 4.72 Å². The molecule has 3 rings (SSSR count). The zero-order chi connectivity index (χ0) is 25.5. The second-order valence-corrected chi connectivity index (χ2v) is 11.2. The van der Waals surface area contributed by atoms with Crippen LogP contribution in [0.4, 0.5) is 5.69 Å². The first kappa shape index (κ1) is 26.8. The van der Waals surface area contributed by atoms with Gasteiger partial charge in [-0.2, -0.15) is 0 Å². The van der Waals surface area contributed by atoms with E-state index in [1.54, 1.807) is 18.2 Å². The average molecular weight is 500 g/mol. The van der Waals surface area contributed by atoms with Gasteiger partial charge in [-0.05, 0) is 55.4 Å². The molecule has 2 aromatic carbocycles. The number of cyclic esters (lactones) is 1. The molecule has 1 aliphatic rings. The predicted octanol–water partition coefficient (Wildman–Crippen LogP) is 6.26. The van der Waals surface area contributed by atoms with Crippen LogP contribution in [0.2, 0.25) is 0 Å². The Labute approximate surface area is 209 Å². The van der Waals surface area contributed by atoms with Gasteiger partial charge in [0.25, 0.3) is 0 Å². The number of aliphatic hydroxyl groups excluding tert-OH is 1. The zero-order valence-corrected chi connectivity index (χ0v) is 21.7. The topological polar surface area (TPSA) is 92.7 Å². The molecule has 35 heavy (non-hydrogen) atoms. The fraction of sp³-hybridized carbons (Fsp3) is 0.464. The monoisotopic (exact) mass is 499 g/mol. The van der Waals surface area contributed by atoms with Gasteiger partial charge < -0.3 is 9.84 Å². The number of hydrogen-bond donors (Lipinski definition) is 2. The molecule has 0 amide bonds. The summed E-state index contributed by atoms with van der Waals surface area (Å²) in [7, 11) is -3.43. The van der Waals surface area contributed by atoms with E-state index in [0.717, 1.165) is 18.4 Å². The molecule has 0 aromatic heterocycles. The van der Waals surface area contributed by atoms with Crippen molar-refractivity contribution in [2.24, 2.45) is 0 Å². The number of ether oxygens (including phenoxy) is 1. The average Bonchev–Trinajstić information content (AvgIpc) is 2.81. The summed E-state index contributed by atoms with van der Waals surface area (Å²) >= 11 is 0. The molecule has 7 heteroatoms. The molecule has 2 unspecified atom stereocenters. The van der Waals surface area contributed by atoms with Crippen molar-refractivity contribution in [3.8, 4) is 0 Å². The first-order valence-electron chi connectivity index (χ1n) is 12.5. The van der Waals surface area contributed by atoms with Gasteiger partial charge in [-0.3, -0.25) is 4.72 Å². The minimum atomic E-state index is -3.43. The van der Waals surface area contributed by atoms with Crippen molar-refractivity contribution in [1.82, 2.24) is 0 Å². The van der Waals surface area contributed by atoms with Crippen LogP contribution in [0.1, 0.15) is 76.3 Å². The number of sulfonamides is 1. The Morgan fingerprint density at radius 1 is 1.03 bits per heavy atom. The molecule has 6 nitrogen and oxygen atoms in total. The van der Waals surface area contributed by atoms with Crippen LogP contribution in [0, 0.1) is 0 Å². The number of aliphatic hydroxyl groups is 1. The van der Waals surface area contributed by atoms with Crippen molar-refractivity contribution in [2.45, 2.75) is 77.2 Å². The van der Waals surface area contributed by atoms with Crippen LogP contribution in [-0.2, 0) is 26.0 Å². The van der Waals surface area contributed by atoms with E-state index in [1.165, 1.54) is 5.56 Å². The normalized spacial score (nSPS) is 19.3. The Morgan fingerprint density at radius 2 is 1.77 bits per heavy atom. The summed E-state index contributed by atoms with van der Waals surface area (Å²) in [4.78, 5) is 13.3. The number of aryl methyl sites for hydroxylation is 1. The summed E-state index contributed by atoms with van der Waals surface area (Å²) in [6, 6.07) is 17.1. The third-order valence-corrected chi connectivity index (χ3v) is 8.03. The Bertz CT molecular complexity index is 1140. The lowest BCUT2D eigenvalue weighted by Gasteiger charge is -2.38. The number of carbonyl (C=O) groups is 1. The lowest BCUT2D eigenvalue weighted by Crippen LogP contribution is -2.41. The highest BCUT2D eigenvalue weighted by atomic mass is 32.2. The molecule has 2 aromatic rings. The van der Waals surface area contributed by atoms with E-state index < -0.39 is 27.5 Å². The predicted molar refractivity (Wildman–Crippen MR) is 140 cm³/mol. The number of hydrogen-bond acceptors (Lipinski definition) is 5. The molecule has 190 valence electrons. The summed E-state index contributed by atoms with van der Waals surface area (Å²) in [5.74, 6) is -0.771. The highest BCUT2D eigenvalue weighted by Gasteiger charge is 2.43. The van der Waals surface area contributed by atoms with Crippen molar-refractivity contribution in [1.29, 1.82) is 0 Å². The van der Waals surface area contributed by atoms with Crippen LogP contribution >= 0.6 is 0 Å². The molecule has 0 aliphatic carbocycles. The highest BCUT2D eigenvalue weighted by molar-refractivity contribution is 7.92. The fourth-order valence-electron chi connectivity index (χ4n) is 4.95. The smallest absolute Gasteiger partial charge is 0.338 e. The molecule has 0 spiro atoms. The largest absolute Gasteiger partial charge is 0.512 e. The Kier molecular flexibility index (Phi) is 9.00. The Hall–Kier alpha value is -2.80. The molecule has 0 saturated heterocycles. The van der Waals surface area contributed by atoms with Gasteiger partial charge in [0.05, 0.1) is 11.3 Å². The molecule has 0 radical (unpaired) electrons. The molecular weight excluding hydrogens is 462 g/mol. The third-order valence-electron chi connectivity index (χ3n) is 6.54. The number of rotatable bonds is 12. The molecule has 1 aliphatic heterocycles. The highest BCUT2D eigenvalue weighted by Crippen LogP contribution is 2.42. The van der Waals surface area contributed by atoms with Gasteiger partial charge in [-0.15, -0.1) is 0 Å². The van der Waals surface area contributed by atoms with Crippen molar-refractivity contribution in [2.75, 3.05) is 10.5 Å². The third kappa shape index (κ3) is 6.88. The second kappa shape index (κ2) is 11.8. The summed E-state index contributed by atoms with van der Waals surface area (Å²) in [6.07, 6.45) is 4.27. The minimum Gasteiger partial charge on any atom is -0.512 e. The zero-order valence-electron chi connectivity index (χ0n) is 20.9. The molecular formula is C28H37NO5S. The van der Waals surface area contributed by atoms with E-state index in [9.17, 15) is 18.3 Å². The lowest BCUT2D eigenvalue weighted by molar-refractivity contribution is -0.161. The van der Waals surface area contributed by atoms with E-state index in [4.69, 9.17) is 4.74 Å². The van der Waals surface area contributed by atoms with Gasteiger partial charge in [0, 0.05) is 18.0 Å². The summed E-state index contributed by atoms with van der Waals surface area (Å²) < 4.78 is 33.1. The van der Waals surface area contributed by atoms with Crippen LogP contribution in [0.25, 0.3) is 0 Å². The summed E-state index contributed by atoms with van der Waals surface area (Å²) in [5, 5.41) is 11.2. The maximum absolute atomic E-state index is 13.3. The Balaban J connectivity index is 1.87. The van der Waals surface area contributed by atoms with Crippen LogP contribution in [-0.4, -0.2) is 30.8 Å². The van der Waals surface area contributed by atoms with E-state index in [1.807, 2.05) is 45.0 Å². The fourth-order valence-corrected chi connectivity index (χ4v) is 6.08. The van der Waals surface area contributed by atoms with E-state index >= 15 is 0 Å². The van der Waals surface area contributed by atoms with Gasteiger partial charge in [0.15, 0.2) is 0 Å². The summed E-state index contributed by atoms with van der Waals surface area (Å²) in [6.45, 7) is 5.80. The molecule has 2 atom stereocenters. The van der Waals surface area contributed by atoms with Gasteiger partial charge in [-0.25, -0.2) is 13.2 Å². The first-order valence-corrected chi connectivity index (χ1v) is 14.2. The van der Waals surface area contributed by atoms with Gasteiger partial charge >= 0.3 is 5.97 Å². The second-order valence-electron chi connectivity index (χ2n) is 9.35. The van der Waals surface area contributed by atoms with Crippen molar-refractivity contribution in [3.05, 3.63) is 77.1 Å². The molecule has 0 saturated carbocycles. The van der Waals surface area contributed by atoms with Crippen molar-refractivity contribution < 1.29 is 23.1 Å². The molecule has 0 bridgehead atoms. The number of esters is 1. The maximum atomic E-state index is 13.3. The van der Waals surface area contributed by atoms with E-state index in [0.29, 0.717) is 31.4 Å². The SMILES string of the molecule is CCCC1(CCc2ccccc2)CC(O)=C(C(CC)c2cccc(NS(=O)(=O)CCC)c2)C(=O)O1. The number of carbonyl (C=O) groups excluding carboxylic acids is 1. The van der Waals surface area contributed by atoms with E-state index in [-0.39, 0.29) is 23.5 Å². The van der Waals surface area contributed by atoms with Gasteiger partial charge in [0.1, 0.15) is 11.4 Å². The first-order chi connectivity index (χ1) is 16.7.